The molecule has 0 saturated carbocycles. The molecule has 0 aliphatic carbocycles. The van der Waals surface area contributed by atoms with Crippen LogP contribution in [0.25, 0.3) is 11.0 Å². The van der Waals surface area contributed by atoms with E-state index in [4.69, 9.17) is 20.8 Å². The maximum atomic E-state index is 12.0. The zero-order valence-electron chi connectivity index (χ0n) is 15.2. The van der Waals surface area contributed by atoms with E-state index in [-0.39, 0.29) is 5.63 Å². The molecule has 0 spiro atoms. The van der Waals surface area contributed by atoms with Crippen LogP contribution in [0, 0.1) is 0 Å². The Hall–Kier alpha value is -2.50. The molecule has 2 aromatic carbocycles. The van der Waals surface area contributed by atoms with Crippen LogP contribution in [0.3, 0.4) is 0 Å². The Bertz CT molecular complexity index is 1010. The second kappa shape index (κ2) is 7.62. The van der Waals surface area contributed by atoms with Crippen LogP contribution >= 0.6 is 11.6 Å². The van der Waals surface area contributed by atoms with Crippen molar-refractivity contribution in [1.82, 2.24) is 4.90 Å². The Morgan fingerprint density at radius 2 is 1.85 bits per heavy atom. The van der Waals surface area contributed by atoms with Crippen molar-refractivity contribution in [2.75, 3.05) is 38.2 Å². The van der Waals surface area contributed by atoms with Gasteiger partial charge in [-0.3, -0.25) is 4.90 Å². The van der Waals surface area contributed by atoms with Crippen LogP contribution in [0.1, 0.15) is 5.56 Å². The van der Waals surface area contributed by atoms with Crippen LogP contribution < -0.4 is 15.3 Å². The van der Waals surface area contributed by atoms with E-state index in [0.29, 0.717) is 17.9 Å². The molecule has 4 rings (SSSR count). The summed E-state index contributed by atoms with van der Waals surface area (Å²) in [6.45, 7) is 4.32. The first-order valence-electron chi connectivity index (χ1n) is 8.96. The second-order valence-electron chi connectivity index (χ2n) is 6.67. The Balaban J connectivity index is 1.51. The van der Waals surface area contributed by atoms with Gasteiger partial charge in [0.25, 0.3) is 0 Å². The maximum absolute atomic E-state index is 12.0. The first kappa shape index (κ1) is 17.9. The van der Waals surface area contributed by atoms with Crippen molar-refractivity contribution in [2.45, 2.75) is 6.54 Å². The molecule has 0 radical (unpaired) electrons. The molecule has 0 unspecified atom stereocenters. The first-order valence-corrected chi connectivity index (χ1v) is 9.34. The van der Waals surface area contributed by atoms with Gasteiger partial charge in [-0.25, -0.2) is 4.79 Å². The first-order chi connectivity index (χ1) is 13.1. The van der Waals surface area contributed by atoms with Crippen LogP contribution in [0.2, 0.25) is 5.02 Å². The van der Waals surface area contributed by atoms with Gasteiger partial charge in [-0.05, 0) is 29.8 Å². The van der Waals surface area contributed by atoms with Crippen molar-refractivity contribution >= 4 is 28.3 Å². The lowest BCUT2D eigenvalue weighted by molar-refractivity contribution is 0.250. The van der Waals surface area contributed by atoms with Gasteiger partial charge in [0.2, 0.25) is 0 Å². The molecule has 2 heterocycles. The topological polar surface area (TPSA) is 45.9 Å². The number of piperazine rings is 1. The number of para-hydroxylation sites is 1. The van der Waals surface area contributed by atoms with Gasteiger partial charge < -0.3 is 14.1 Å². The van der Waals surface area contributed by atoms with Crippen LogP contribution in [-0.4, -0.2) is 38.2 Å². The van der Waals surface area contributed by atoms with E-state index in [1.165, 1.54) is 0 Å². The molecule has 1 saturated heterocycles. The number of nitrogens with zero attached hydrogens (tertiary/aromatic N) is 2. The Morgan fingerprint density at radius 3 is 2.59 bits per heavy atom. The minimum atomic E-state index is -0.333. The average Bonchev–Trinajstić information content (AvgIpc) is 2.68. The predicted octanol–water partition coefficient (Wildman–Crippen LogP) is 3.78. The quantitative estimate of drug-likeness (QED) is 0.640. The van der Waals surface area contributed by atoms with Gasteiger partial charge in [0.1, 0.15) is 11.3 Å². The molecular weight excluding hydrogens is 364 g/mol. The minimum absolute atomic E-state index is 0.333. The number of hydrogen-bond acceptors (Lipinski definition) is 5. The fraction of sp³-hybridized carbons (Fsp3) is 0.286. The van der Waals surface area contributed by atoms with Gasteiger partial charge in [-0.2, -0.15) is 0 Å². The molecule has 6 heteroatoms. The molecule has 27 heavy (non-hydrogen) atoms. The van der Waals surface area contributed by atoms with E-state index in [9.17, 15) is 4.79 Å². The standard InChI is InChI=1S/C21H21ClN2O3/c1-26-16-6-7-17-15(12-21(25)27-20(17)13-16)14-23-8-10-24(11-9-23)19-5-3-2-4-18(19)22/h2-7,12-13H,8-11,14H2,1H3. The lowest BCUT2D eigenvalue weighted by atomic mass is 10.1. The van der Waals surface area contributed by atoms with Crippen molar-refractivity contribution in [3.63, 3.8) is 0 Å². The largest absolute Gasteiger partial charge is 0.497 e. The smallest absolute Gasteiger partial charge is 0.336 e. The zero-order valence-corrected chi connectivity index (χ0v) is 15.9. The third kappa shape index (κ3) is 3.80. The van der Waals surface area contributed by atoms with Gasteiger partial charge in [0.05, 0.1) is 17.8 Å². The fourth-order valence-electron chi connectivity index (χ4n) is 3.56. The predicted molar refractivity (Wildman–Crippen MR) is 108 cm³/mol. The van der Waals surface area contributed by atoms with Crippen LogP contribution in [0.5, 0.6) is 5.75 Å². The molecule has 1 aromatic heterocycles. The Morgan fingerprint density at radius 1 is 1.07 bits per heavy atom. The van der Waals surface area contributed by atoms with Gasteiger partial charge in [0.15, 0.2) is 0 Å². The maximum Gasteiger partial charge on any atom is 0.336 e. The number of fused-ring (bicyclic) bond motifs is 1. The third-order valence-electron chi connectivity index (χ3n) is 5.00. The number of hydrogen-bond donors (Lipinski definition) is 0. The molecule has 1 aliphatic heterocycles. The lowest BCUT2D eigenvalue weighted by Crippen LogP contribution is -2.46. The number of halogens is 1. The molecule has 5 nitrogen and oxygen atoms in total. The highest BCUT2D eigenvalue weighted by molar-refractivity contribution is 6.33. The molecule has 140 valence electrons. The summed E-state index contributed by atoms with van der Waals surface area (Å²) in [4.78, 5) is 16.6. The van der Waals surface area contributed by atoms with Crippen LogP contribution in [0.15, 0.2) is 57.7 Å². The fourth-order valence-corrected chi connectivity index (χ4v) is 3.82. The SMILES string of the molecule is COc1ccc2c(CN3CCN(c4ccccc4Cl)CC3)cc(=O)oc2c1. The Kier molecular flexibility index (Phi) is 5.05. The van der Waals surface area contributed by atoms with Crippen molar-refractivity contribution in [1.29, 1.82) is 0 Å². The normalized spacial score (nSPS) is 15.3. The van der Waals surface area contributed by atoms with Crippen LogP contribution in [0.4, 0.5) is 5.69 Å². The molecule has 0 atom stereocenters. The summed E-state index contributed by atoms with van der Waals surface area (Å²) < 4.78 is 10.6. The van der Waals surface area contributed by atoms with Crippen molar-refractivity contribution in [3.8, 4) is 5.75 Å². The zero-order chi connectivity index (χ0) is 18.8. The summed E-state index contributed by atoms with van der Waals surface area (Å²) in [5.41, 5.74) is 2.29. The van der Waals surface area contributed by atoms with Crippen LogP contribution in [-0.2, 0) is 6.54 Å². The summed E-state index contributed by atoms with van der Waals surface area (Å²) >= 11 is 6.32. The number of rotatable bonds is 4. The molecular formula is C21H21ClN2O3. The summed E-state index contributed by atoms with van der Waals surface area (Å²) in [5.74, 6) is 0.677. The van der Waals surface area contributed by atoms with Gasteiger partial charge in [-0.1, -0.05) is 23.7 Å². The summed E-state index contributed by atoms with van der Waals surface area (Å²) in [6.07, 6.45) is 0. The molecule has 1 fully saturated rings. The van der Waals surface area contributed by atoms with E-state index < -0.39 is 0 Å². The number of benzene rings is 2. The highest BCUT2D eigenvalue weighted by Crippen LogP contribution is 2.27. The van der Waals surface area contributed by atoms with Gasteiger partial charge in [-0.15, -0.1) is 0 Å². The lowest BCUT2D eigenvalue weighted by Gasteiger charge is -2.36. The highest BCUT2D eigenvalue weighted by Gasteiger charge is 2.20. The summed E-state index contributed by atoms with van der Waals surface area (Å²) in [6, 6.07) is 15.1. The number of ether oxygens (including phenoxy) is 1. The third-order valence-corrected chi connectivity index (χ3v) is 5.32. The average molecular weight is 385 g/mol. The summed E-state index contributed by atoms with van der Waals surface area (Å²) in [7, 11) is 1.60. The second-order valence-corrected chi connectivity index (χ2v) is 7.07. The van der Waals surface area contributed by atoms with E-state index in [1.54, 1.807) is 19.2 Å². The van der Waals surface area contributed by atoms with E-state index >= 15 is 0 Å². The van der Waals surface area contributed by atoms with E-state index in [1.807, 2.05) is 30.3 Å². The number of anilines is 1. The number of methoxy groups -OCH3 is 1. The molecule has 3 aromatic rings. The van der Waals surface area contributed by atoms with Crippen molar-refractivity contribution < 1.29 is 9.15 Å². The highest BCUT2D eigenvalue weighted by atomic mass is 35.5. The molecule has 0 N–H and O–H groups in total. The minimum Gasteiger partial charge on any atom is -0.497 e. The molecule has 0 bridgehead atoms. The molecule has 0 amide bonds. The van der Waals surface area contributed by atoms with E-state index in [0.717, 1.165) is 47.8 Å². The van der Waals surface area contributed by atoms with Crippen molar-refractivity contribution in [3.05, 3.63) is 69.5 Å². The summed E-state index contributed by atoms with van der Waals surface area (Å²) in [5, 5.41) is 1.73. The molecule has 1 aliphatic rings. The Labute approximate surface area is 162 Å². The monoisotopic (exact) mass is 384 g/mol. The van der Waals surface area contributed by atoms with Gasteiger partial charge >= 0.3 is 5.63 Å². The van der Waals surface area contributed by atoms with Gasteiger partial charge in [0, 0.05) is 50.2 Å². The van der Waals surface area contributed by atoms with E-state index in [2.05, 4.69) is 15.9 Å². The van der Waals surface area contributed by atoms with Crippen molar-refractivity contribution in [2.24, 2.45) is 0 Å².